The zero-order chi connectivity index (χ0) is 18.6. The Hall–Kier alpha value is -2.43. The Labute approximate surface area is 142 Å². The van der Waals surface area contributed by atoms with Gasteiger partial charge in [0.25, 0.3) is 5.56 Å². The van der Waals surface area contributed by atoms with E-state index in [-0.39, 0.29) is 25.1 Å². The Morgan fingerprint density at radius 2 is 2.36 bits per heavy atom. The van der Waals surface area contributed by atoms with E-state index >= 15 is 0 Å². The first kappa shape index (κ1) is 18.9. The molecule has 0 aromatic carbocycles. The molecule has 138 valence electrons. The van der Waals surface area contributed by atoms with E-state index in [1.165, 1.54) is 19.2 Å². The summed E-state index contributed by atoms with van der Waals surface area (Å²) >= 11 is 0. The molecule has 1 fully saturated rings. The van der Waals surface area contributed by atoms with E-state index in [1.54, 1.807) is 0 Å². The molecule has 0 bridgehead atoms. The second-order valence-electron chi connectivity index (χ2n) is 5.74. The number of nitrogens with zero attached hydrogens (tertiary/aromatic N) is 1. The lowest BCUT2D eigenvalue weighted by Gasteiger charge is -2.31. The minimum atomic E-state index is -1.48. The maximum absolute atomic E-state index is 12.2. The van der Waals surface area contributed by atoms with Crippen LogP contribution in [0, 0.1) is 6.92 Å². The van der Waals surface area contributed by atoms with Gasteiger partial charge in [0.15, 0.2) is 5.72 Å². The summed E-state index contributed by atoms with van der Waals surface area (Å²) in [5.74, 6) is 0. The minimum absolute atomic E-state index is 0.000701. The summed E-state index contributed by atoms with van der Waals surface area (Å²) < 4.78 is 11.6. The van der Waals surface area contributed by atoms with Crippen LogP contribution in [0.2, 0.25) is 0 Å². The third-order valence-corrected chi connectivity index (χ3v) is 3.91. The number of nitrogens with one attached hydrogen (secondary N) is 2. The summed E-state index contributed by atoms with van der Waals surface area (Å²) in [6, 6.07) is 0. The second kappa shape index (κ2) is 7.64. The van der Waals surface area contributed by atoms with Gasteiger partial charge in [-0.25, -0.2) is 9.59 Å². The van der Waals surface area contributed by atoms with E-state index in [4.69, 9.17) is 9.47 Å². The van der Waals surface area contributed by atoms with E-state index in [9.17, 15) is 24.6 Å². The van der Waals surface area contributed by atoms with Gasteiger partial charge in [0.2, 0.25) is 0 Å². The fourth-order valence-electron chi connectivity index (χ4n) is 2.65. The smallest absolute Gasteiger partial charge is 0.407 e. The van der Waals surface area contributed by atoms with Crippen LogP contribution < -0.4 is 16.6 Å². The molecule has 1 saturated heterocycles. The highest BCUT2D eigenvalue weighted by Crippen LogP contribution is 2.33. The van der Waals surface area contributed by atoms with Crippen LogP contribution >= 0.6 is 0 Å². The van der Waals surface area contributed by atoms with E-state index in [0.29, 0.717) is 0 Å². The van der Waals surface area contributed by atoms with Crippen LogP contribution in [0.4, 0.5) is 4.79 Å². The Morgan fingerprint density at radius 3 is 2.96 bits per heavy atom. The Balaban J connectivity index is 2.36. The topological polar surface area (TPSA) is 143 Å². The lowest BCUT2D eigenvalue weighted by Crippen LogP contribution is -2.51. The molecule has 0 aliphatic carbocycles. The normalized spacial score (nSPS) is 25.6. The first-order chi connectivity index (χ1) is 11.8. The van der Waals surface area contributed by atoms with Crippen LogP contribution in [0.1, 0.15) is 12.0 Å². The molecule has 1 aliphatic heterocycles. The Morgan fingerprint density at radius 1 is 1.64 bits per heavy atom. The van der Waals surface area contributed by atoms with Crippen LogP contribution in [0.25, 0.3) is 0 Å². The van der Waals surface area contributed by atoms with Crippen LogP contribution in [0.5, 0.6) is 0 Å². The van der Waals surface area contributed by atoms with Crippen molar-refractivity contribution in [1.29, 1.82) is 0 Å². The van der Waals surface area contributed by atoms with Crippen molar-refractivity contribution in [1.82, 2.24) is 14.9 Å². The predicted octanol–water partition coefficient (Wildman–Crippen LogP) is -1.45. The monoisotopic (exact) mass is 355 g/mol. The van der Waals surface area contributed by atoms with Gasteiger partial charge in [-0.1, -0.05) is 12.7 Å². The highest BCUT2D eigenvalue weighted by Gasteiger charge is 2.48. The van der Waals surface area contributed by atoms with Crippen molar-refractivity contribution in [3.05, 3.63) is 45.3 Å². The molecule has 1 amide bonds. The number of carbonyl (C=O) groups excluding carboxylic acids is 1. The number of aryl methyl sites for hydroxylation is 1. The molecule has 2 rings (SSSR count). The number of hydrogen-bond donors (Lipinski definition) is 4. The van der Waals surface area contributed by atoms with Gasteiger partial charge in [-0.15, -0.1) is 0 Å². The van der Waals surface area contributed by atoms with E-state index in [2.05, 4.69) is 16.9 Å². The Kier molecular flexibility index (Phi) is 5.77. The number of ether oxygens (including phenoxy) is 2. The standard InChI is InChI=1S/C15H21N3O7/c1-3-4-24-14(23)16-8-15(5-10(20)11(7-19)25-15)18-6-9(2)12(21)17-13(18)22/h3,6,10-11,19-20H,1,4-5,7-8H2,2H3,(H,16,23)(H,17,21,22)/t10-,11+,15-/m0/s1. The number of aromatic nitrogens is 2. The van der Waals surface area contributed by atoms with Gasteiger partial charge in [0.05, 0.1) is 19.3 Å². The number of hydrogen-bond acceptors (Lipinski definition) is 7. The molecule has 0 unspecified atom stereocenters. The van der Waals surface area contributed by atoms with Crippen LogP contribution in [-0.4, -0.2) is 57.8 Å². The highest BCUT2D eigenvalue weighted by molar-refractivity contribution is 5.67. The maximum Gasteiger partial charge on any atom is 0.407 e. The molecule has 1 aliphatic rings. The molecule has 0 saturated carbocycles. The first-order valence-corrected chi connectivity index (χ1v) is 7.64. The number of carbonyl (C=O) groups is 1. The predicted molar refractivity (Wildman–Crippen MR) is 86.2 cm³/mol. The van der Waals surface area contributed by atoms with Gasteiger partial charge in [-0.05, 0) is 6.92 Å². The summed E-state index contributed by atoms with van der Waals surface area (Å²) in [5.41, 5.74) is -2.54. The number of amides is 1. The fourth-order valence-corrected chi connectivity index (χ4v) is 2.65. The fraction of sp³-hybridized carbons (Fsp3) is 0.533. The summed E-state index contributed by atoms with van der Waals surface area (Å²) in [4.78, 5) is 37.6. The molecule has 0 spiro atoms. The van der Waals surface area contributed by atoms with Crippen LogP contribution in [0.3, 0.4) is 0 Å². The van der Waals surface area contributed by atoms with Crippen LogP contribution in [0.15, 0.2) is 28.4 Å². The number of alkyl carbamates (subject to hydrolysis) is 1. The third-order valence-electron chi connectivity index (χ3n) is 3.91. The van der Waals surface area contributed by atoms with Crippen molar-refractivity contribution in [3.8, 4) is 0 Å². The van der Waals surface area contributed by atoms with Crippen molar-refractivity contribution >= 4 is 6.09 Å². The molecule has 10 heteroatoms. The van der Waals surface area contributed by atoms with Crippen molar-refractivity contribution in [3.63, 3.8) is 0 Å². The van der Waals surface area contributed by atoms with Gasteiger partial charge in [-0.3, -0.25) is 14.3 Å². The van der Waals surface area contributed by atoms with Crippen molar-refractivity contribution in [2.45, 2.75) is 31.3 Å². The third kappa shape index (κ3) is 3.98. The van der Waals surface area contributed by atoms with E-state index in [0.717, 1.165) is 4.57 Å². The quantitative estimate of drug-likeness (QED) is 0.457. The highest BCUT2D eigenvalue weighted by atomic mass is 16.6. The largest absolute Gasteiger partial charge is 0.445 e. The molecule has 2 heterocycles. The SMILES string of the molecule is C=CCOC(=O)NC[C@]1(n2cc(C)c(=O)[nH]c2=O)C[C@H](O)[C@@H](CO)O1. The lowest BCUT2D eigenvalue weighted by molar-refractivity contribution is -0.116. The maximum atomic E-state index is 12.2. The van der Waals surface area contributed by atoms with Crippen molar-refractivity contribution in [2.75, 3.05) is 19.8 Å². The summed E-state index contributed by atoms with van der Waals surface area (Å²) in [7, 11) is 0. The number of H-pyrrole nitrogens is 1. The van der Waals surface area contributed by atoms with E-state index in [1.807, 2.05) is 0 Å². The number of aliphatic hydroxyl groups excluding tert-OH is 2. The second-order valence-corrected chi connectivity index (χ2v) is 5.74. The molecule has 0 radical (unpaired) electrons. The number of rotatable bonds is 6. The van der Waals surface area contributed by atoms with Crippen molar-refractivity contribution in [2.24, 2.45) is 0 Å². The minimum Gasteiger partial charge on any atom is -0.445 e. The molecule has 1 aromatic rings. The van der Waals surface area contributed by atoms with Gasteiger partial charge in [-0.2, -0.15) is 0 Å². The average Bonchev–Trinajstić information content (AvgIpc) is 2.91. The zero-order valence-electron chi connectivity index (χ0n) is 13.7. The summed E-state index contributed by atoms with van der Waals surface area (Å²) in [5, 5.41) is 21.8. The molecule has 4 N–H and O–H groups in total. The first-order valence-electron chi connectivity index (χ1n) is 7.64. The van der Waals surface area contributed by atoms with Gasteiger partial charge < -0.3 is 25.0 Å². The summed E-state index contributed by atoms with van der Waals surface area (Å²) in [6.07, 6.45) is -0.169. The summed E-state index contributed by atoms with van der Waals surface area (Å²) in [6.45, 7) is 4.23. The van der Waals surface area contributed by atoms with Crippen molar-refractivity contribution < 1.29 is 24.5 Å². The average molecular weight is 355 g/mol. The molecular formula is C15H21N3O7. The molecule has 1 aromatic heterocycles. The molecule has 3 atom stereocenters. The van der Waals surface area contributed by atoms with Gasteiger partial charge in [0, 0.05) is 18.2 Å². The molecule has 10 nitrogen and oxygen atoms in total. The van der Waals surface area contributed by atoms with Crippen LogP contribution in [-0.2, 0) is 15.2 Å². The lowest BCUT2D eigenvalue weighted by atomic mass is 10.1. The number of aliphatic hydroxyl groups is 2. The molecule has 25 heavy (non-hydrogen) atoms. The van der Waals surface area contributed by atoms with Gasteiger partial charge in [0.1, 0.15) is 12.7 Å². The van der Waals surface area contributed by atoms with Gasteiger partial charge >= 0.3 is 11.8 Å². The molecular weight excluding hydrogens is 334 g/mol. The Bertz CT molecular complexity index is 756. The van der Waals surface area contributed by atoms with E-state index < -0.39 is 41.9 Å². The number of aromatic amines is 1. The zero-order valence-corrected chi connectivity index (χ0v) is 13.7.